The molecule has 7 nitrogen and oxygen atoms in total. The molecule has 0 unspecified atom stereocenters. The van der Waals surface area contributed by atoms with Crippen molar-refractivity contribution in [1.82, 2.24) is 0 Å². The Balaban J connectivity index is 2.08. The molecule has 1 aliphatic rings. The number of ketones is 1. The van der Waals surface area contributed by atoms with Crippen LogP contribution in [0, 0.1) is 0 Å². The molecular weight excluding hydrogens is 328 g/mol. The topological polar surface area (TPSA) is 94.5 Å². The Hall–Kier alpha value is -2.93. The van der Waals surface area contributed by atoms with Crippen molar-refractivity contribution in [2.75, 3.05) is 21.3 Å². The van der Waals surface area contributed by atoms with Gasteiger partial charge in [0.2, 0.25) is 11.5 Å². The van der Waals surface area contributed by atoms with E-state index in [9.17, 15) is 15.0 Å². The predicted molar refractivity (Wildman–Crippen MR) is 87.9 cm³/mol. The molecule has 0 aromatic heterocycles. The first kappa shape index (κ1) is 16.9. The molecular formula is C18H18O7. The van der Waals surface area contributed by atoms with Crippen molar-refractivity contribution < 1.29 is 34.0 Å². The normalized spacial score (nSPS) is 19.0. The van der Waals surface area contributed by atoms with E-state index in [0.29, 0.717) is 11.3 Å². The monoisotopic (exact) mass is 346 g/mol. The van der Waals surface area contributed by atoms with Crippen molar-refractivity contribution in [2.24, 2.45) is 0 Å². The van der Waals surface area contributed by atoms with Gasteiger partial charge in [-0.25, -0.2) is 0 Å². The molecule has 0 saturated heterocycles. The summed E-state index contributed by atoms with van der Waals surface area (Å²) in [6.45, 7) is 0. The van der Waals surface area contributed by atoms with E-state index in [1.807, 2.05) is 0 Å². The molecule has 1 heterocycles. The third-order valence-electron chi connectivity index (χ3n) is 4.11. The van der Waals surface area contributed by atoms with Gasteiger partial charge in [-0.1, -0.05) is 12.1 Å². The fraction of sp³-hybridized carbons (Fsp3) is 0.278. The van der Waals surface area contributed by atoms with E-state index in [2.05, 4.69) is 0 Å². The van der Waals surface area contributed by atoms with Crippen LogP contribution in [0.3, 0.4) is 0 Å². The molecule has 0 aliphatic carbocycles. The molecule has 1 aliphatic heterocycles. The maximum atomic E-state index is 12.7. The maximum Gasteiger partial charge on any atom is 0.203 e. The minimum atomic E-state index is -1.44. The van der Waals surface area contributed by atoms with Crippen LogP contribution in [0.25, 0.3) is 0 Å². The number of hydrogen-bond donors (Lipinski definition) is 2. The number of aliphatic hydroxyl groups is 1. The number of aliphatic hydroxyl groups excluding tert-OH is 1. The van der Waals surface area contributed by atoms with Gasteiger partial charge in [0.15, 0.2) is 23.7 Å². The molecule has 25 heavy (non-hydrogen) atoms. The van der Waals surface area contributed by atoms with Crippen molar-refractivity contribution in [3.63, 3.8) is 0 Å². The third kappa shape index (κ3) is 2.72. The minimum Gasteiger partial charge on any atom is -0.502 e. The third-order valence-corrected chi connectivity index (χ3v) is 4.11. The minimum absolute atomic E-state index is 0.0157. The van der Waals surface area contributed by atoms with Crippen LogP contribution in [-0.2, 0) is 0 Å². The number of Topliss-reactive ketones (excluding diaryl/α,β-unsaturated/α-hetero) is 1. The SMILES string of the molecule is COc1ccc([C@H]2Oc3cc(OC)c(O)c(OC)c3C(=O)[C@@H]2O)cc1. The van der Waals surface area contributed by atoms with Crippen LogP contribution in [0.15, 0.2) is 30.3 Å². The number of methoxy groups -OCH3 is 3. The van der Waals surface area contributed by atoms with Gasteiger partial charge in [0.25, 0.3) is 0 Å². The summed E-state index contributed by atoms with van der Waals surface area (Å²) in [5.41, 5.74) is 0.594. The maximum absolute atomic E-state index is 12.7. The van der Waals surface area contributed by atoms with Crippen LogP contribution in [0.4, 0.5) is 0 Å². The number of phenols is 1. The van der Waals surface area contributed by atoms with Gasteiger partial charge in [-0.3, -0.25) is 4.79 Å². The first-order chi connectivity index (χ1) is 12.0. The van der Waals surface area contributed by atoms with E-state index in [1.54, 1.807) is 31.4 Å². The molecule has 7 heteroatoms. The Labute approximate surface area is 144 Å². The summed E-state index contributed by atoms with van der Waals surface area (Å²) in [7, 11) is 4.23. The zero-order valence-electron chi connectivity index (χ0n) is 14.0. The summed E-state index contributed by atoms with van der Waals surface area (Å²) in [6, 6.07) is 8.24. The first-order valence-electron chi connectivity index (χ1n) is 7.52. The summed E-state index contributed by atoms with van der Waals surface area (Å²) in [5.74, 6) is -0.0934. The van der Waals surface area contributed by atoms with Gasteiger partial charge in [0.1, 0.15) is 17.1 Å². The van der Waals surface area contributed by atoms with Gasteiger partial charge < -0.3 is 29.2 Å². The Bertz CT molecular complexity index is 798. The lowest BCUT2D eigenvalue weighted by Crippen LogP contribution is -2.36. The molecule has 2 aromatic rings. The number of aromatic hydroxyl groups is 1. The van der Waals surface area contributed by atoms with E-state index in [1.165, 1.54) is 20.3 Å². The average molecular weight is 346 g/mol. The first-order valence-corrected chi connectivity index (χ1v) is 7.52. The molecule has 0 amide bonds. The summed E-state index contributed by atoms with van der Waals surface area (Å²) in [6.07, 6.45) is -2.34. The quantitative estimate of drug-likeness (QED) is 0.875. The number of phenolic OH excluding ortho intramolecular Hbond substituents is 1. The second-order valence-electron chi connectivity index (χ2n) is 5.45. The number of fused-ring (bicyclic) bond motifs is 1. The highest BCUT2D eigenvalue weighted by atomic mass is 16.5. The van der Waals surface area contributed by atoms with Crippen LogP contribution in [0.2, 0.25) is 0 Å². The molecule has 2 aromatic carbocycles. The van der Waals surface area contributed by atoms with Crippen molar-refractivity contribution in [1.29, 1.82) is 0 Å². The highest BCUT2D eigenvalue weighted by Gasteiger charge is 2.40. The number of hydrogen-bond acceptors (Lipinski definition) is 7. The Kier molecular flexibility index (Phi) is 4.41. The van der Waals surface area contributed by atoms with Gasteiger partial charge >= 0.3 is 0 Å². The number of ether oxygens (including phenoxy) is 4. The van der Waals surface area contributed by atoms with E-state index >= 15 is 0 Å². The molecule has 0 bridgehead atoms. The van der Waals surface area contributed by atoms with Crippen LogP contribution < -0.4 is 18.9 Å². The molecule has 0 radical (unpaired) electrons. The zero-order valence-corrected chi connectivity index (χ0v) is 14.0. The number of rotatable bonds is 4. The highest BCUT2D eigenvalue weighted by Crippen LogP contribution is 2.48. The van der Waals surface area contributed by atoms with Gasteiger partial charge in [0.05, 0.1) is 21.3 Å². The molecule has 132 valence electrons. The lowest BCUT2D eigenvalue weighted by atomic mass is 9.92. The van der Waals surface area contributed by atoms with E-state index in [0.717, 1.165) is 0 Å². The van der Waals surface area contributed by atoms with Gasteiger partial charge in [-0.2, -0.15) is 0 Å². The average Bonchev–Trinajstić information content (AvgIpc) is 2.64. The highest BCUT2D eigenvalue weighted by molar-refractivity contribution is 6.06. The smallest absolute Gasteiger partial charge is 0.203 e. The van der Waals surface area contributed by atoms with Crippen molar-refractivity contribution in [3.05, 3.63) is 41.5 Å². The van der Waals surface area contributed by atoms with Gasteiger partial charge in [-0.15, -0.1) is 0 Å². The van der Waals surface area contributed by atoms with Gasteiger partial charge in [0, 0.05) is 6.07 Å². The predicted octanol–water partition coefficient (Wildman–Crippen LogP) is 2.10. The molecule has 0 spiro atoms. The second-order valence-corrected chi connectivity index (χ2v) is 5.45. The van der Waals surface area contributed by atoms with E-state index in [-0.39, 0.29) is 28.6 Å². The molecule has 2 N–H and O–H groups in total. The zero-order chi connectivity index (χ0) is 18.1. The Morgan fingerprint density at radius 3 is 2.28 bits per heavy atom. The summed E-state index contributed by atoms with van der Waals surface area (Å²) >= 11 is 0. The van der Waals surface area contributed by atoms with Gasteiger partial charge in [-0.05, 0) is 17.7 Å². The number of carbonyl (C=O) groups excluding carboxylic acids is 1. The Morgan fingerprint density at radius 2 is 1.72 bits per heavy atom. The fourth-order valence-electron chi connectivity index (χ4n) is 2.81. The molecule has 0 saturated carbocycles. The van der Waals surface area contributed by atoms with Crippen molar-refractivity contribution in [2.45, 2.75) is 12.2 Å². The van der Waals surface area contributed by atoms with Crippen LogP contribution >= 0.6 is 0 Å². The van der Waals surface area contributed by atoms with Crippen LogP contribution in [0.5, 0.6) is 28.7 Å². The largest absolute Gasteiger partial charge is 0.502 e. The summed E-state index contributed by atoms with van der Waals surface area (Å²) < 4.78 is 21.1. The molecule has 3 rings (SSSR count). The standard InChI is InChI=1S/C18H18O7/c1-22-10-6-4-9(5-7-10)17-16(21)15(20)13-11(25-17)8-12(23-2)14(19)18(13)24-3/h4-8,16-17,19,21H,1-3H3/t16-,17+/m0/s1. The van der Waals surface area contributed by atoms with E-state index in [4.69, 9.17) is 18.9 Å². The van der Waals surface area contributed by atoms with Crippen LogP contribution in [0.1, 0.15) is 22.0 Å². The summed E-state index contributed by atoms with van der Waals surface area (Å²) in [5, 5.41) is 20.6. The lowest BCUT2D eigenvalue weighted by Gasteiger charge is -2.31. The summed E-state index contributed by atoms with van der Waals surface area (Å²) in [4.78, 5) is 12.7. The number of carbonyl (C=O) groups is 1. The lowest BCUT2D eigenvalue weighted by molar-refractivity contribution is 0.0209. The second kappa shape index (κ2) is 6.52. The molecule has 2 atom stereocenters. The van der Waals surface area contributed by atoms with Crippen LogP contribution in [-0.4, -0.2) is 43.4 Å². The Morgan fingerprint density at radius 1 is 1.04 bits per heavy atom. The van der Waals surface area contributed by atoms with Crippen molar-refractivity contribution in [3.8, 4) is 28.7 Å². The van der Waals surface area contributed by atoms with Crippen molar-refractivity contribution >= 4 is 5.78 Å². The number of benzene rings is 2. The van der Waals surface area contributed by atoms with E-state index < -0.39 is 18.0 Å². The molecule has 0 fully saturated rings. The fourth-order valence-corrected chi connectivity index (χ4v) is 2.81.